The lowest BCUT2D eigenvalue weighted by Gasteiger charge is -2.38. The van der Waals surface area contributed by atoms with Gasteiger partial charge in [0.25, 0.3) is 0 Å². The summed E-state index contributed by atoms with van der Waals surface area (Å²) in [5.74, 6) is -0.263. The van der Waals surface area contributed by atoms with Crippen LogP contribution in [0.4, 0.5) is 0 Å². The molecule has 14 heavy (non-hydrogen) atoms. The van der Waals surface area contributed by atoms with Crippen molar-refractivity contribution in [2.75, 3.05) is 6.54 Å². The minimum atomic E-state index is -0.309. The summed E-state index contributed by atoms with van der Waals surface area (Å²) >= 11 is 0. The number of carbonyl (C=O) groups excluding carboxylic acids is 2. The van der Waals surface area contributed by atoms with Crippen LogP contribution in [-0.4, -0.2) is 18.4 Å². The molecule has 0 spiro atoms. The number of amides is 2. The molecule has 1 heterocycles. The predicted octanol–water partition coefficient (Wildman–Crippen LogP) is 0.0241. The number of nitrogens with one attached hydrogen (secondary N) is 1. The number of fused-ring (bicyclic) bond motifs is 1. The highest BCUT2D eigenvalue weighted by Crippen LogP contribution is 2.38. The molecule has 1 saturated heterocycles. The van der Waals surface area contributed by atoms with Gasteiger partial charge in [-0.15, -0.1) is 0 Å². The van der Waals surface area contributed by atoms with Crippen LogP contribution in [0.25, 0.3) is 0 Å². The summed E-state index contributed by atoms with van der Waals surface area (Å²) in [4.78, 5) is 22.8. The lowest BCUT2D eigenvalue weighted by atomic mass is 9.68. The molecule has 3 unspecified atom stereocenters. The molecule has 1 aliphatic carbocycles. The predicted molar refractivity (Wildman–Crippen MR) is 51.1 cm³/mol. The number of piperidine rings is 1. The van der Waals surface area contributed by atoms with Gasteiger partial charge in [-0.1, -0.05) is 6.42 Å². The third kappa shape index (κ3) is 1.49. The first-order chi connectivity index (χ1) is 6.70. The minimum absolute atomic E-state index is 0.0322. The van der Waals surface area contributed by atoms with E-state index in [4.69, 9.17) is 5.73 Å². The Morgan fingerprint density at radius 1 is 1.36 bits per heavy atom. The first-order valence-electron chi connectivity index (χ1n) is 5.27. The molecule has 0 radical (unpaired) electrons. The van der Waals surface area contributed by atoms with E-state index >= 15 is 0 Å². The summed E-state index contributed by atoms with van der Waals surface area (Å²) in [6, 6.07) is 0. The zero-order chi connectivity index (χ0) is 10.1. The van der Waals surface area contributed by atoms with Crippen molar-refractivity contribution in [1.82, 2.24) is 5.32 Å². The van der Waals surface area contributed by atoms with Crippen LogP contribution >= 0.6 is 0 Å². The molecule has 4 heteroatoms. The van der Waals surface area contributed by atoms with Gasteiger partial charge in [0.2, 0.25) is 11.8 Å². The summed E-state index contributed by atoms with van der Waals surface area (Å²) in [7, 11) is 0. The molecule has 1 aliphatic heterocycles. The van der Waals surface area contributed by atoms with Crippen molar-refractivity contribution in [3.05, 3.63) is 0 Å². The smallest absolute Gasteiger partial charge is 0.224 e. The normalized spacial score (nSPS) is 37.1. The summed E-state index contributed by atoms with van der Waals surface area (Å²) < 4.78 is 0. The van der Waals surface area contributed by atoms with Gasteiger partial charge in [-0.2, -0.15) is 0 Å². The lowest BCUT2D eigenvalue weighted by Crippen LogP contribution is -2.50. The van der Waals surface area contributed by atoms with E-state index in [1.165, 1.54) is 0 Å². The molecule has 1 saturated carbocycles. The summed E-state index contributed by atoms with van der Waals surface area (Å²) in [5.41, 5.74) is 5.32. The quantitative estimate of drug-likeness (QED) is 0.620. The van der Waals surface area contributed by atoms with Crippen molar-refractivity contribution in [2.45, 2.75) is 25.7 Å². The van der Waals surface area contributed by atoms with Gasteiger partial charge in [0.15, 0.2) is 0 Å². The maximum atomic E-state index is 11.6. The summed E-state index contributed by atoms with van der Waals surface area (Å²) in [6.45, 7) is 0.755. The van der Waals surface area contributed by atoms with Crippen molar-refractivity contribution in [2.24, 2.45) is 23.5 Å². The van der Waals surface area contributed by atoms with E-state index in [1.54, 1.807) is 0 Å². The van der Waals surface area contributed by atoms with Gasteiger partial charge in [0.05, 0.1) is 5.92 Å². The highest BCUT2D eigenvalue weighted by atomic mass is 16.2. The van der Waals surface area contributed by atoms with Crippen LogP contribution in [-0.2, 0) is 9.59 Å². The second kappa shape index (κ2) is 3.59. The molecular weight excluding hydrogens is 180 g/mol. The van der Waals surface area contributed by atoms with Gasteiger partial charge >= 0.3 is 0 Å². The molecule has 0 aromatic rings. The molecule has 2 rings (SSSR count). The van der Waals surface area contributed by atoms with E-state index in [0.29, 0.717) is 5.92 Å². The van der Waals surface area contributed by atoms with Crippen LogP contribution in [0.5, 0.6) is 0 Å². The van der Waals surface area contributed by atoms with E-state index < -0.39 is 0 Å². The van der Waals surface area contributed by atoms with Gasteiger partial charge in [-0.05, 0) is 25.2 Å². The largest absolute Gasteiger partial charge is 0.369 e. The molecule has 3 atom stereocenters. The third-order valence-corrected chi connectivity index (χ3v) is 3.51. The van der Waals surface area contributed by atoms with Gasteiger partial charge in [-0.25, -0.2) is 0 Å². The fourth-order valence-electron chi connectivity index (χ4n) is 2.83. The van der Waals surface area contributed by atoms with Crippen LogP contribution in [0.1, 0.15) is 25.7 Å². The number of hydrogen-bond acceptors (Lipinski definition) is 2. The number of nitrogens with two attached hydrogens (primary N) is 1. The Morgan fingerprint density at radius 3 is 2.86 bits per heavy atom. The van der Waals surface area contributed by atoms with Crippen molar-refractivity contribution in [1.29, 1.82) is 0 Å². The molecular formula is C10H16N2O2. The van der Waals surface area contributed by atoms with Crippen molar-refractivity contribution >= 4 is 11.8 Å². The maximum absolute atomic E-state index is 11.6. The Balaban J connectivity index is 2.18. The second-order valence-corrected chi connectivity index (χ2v) is 4.31. The Labute approximate surface area is 83.2 Å². The Kier molecular flexibility index (Phi) is 2.44. The molecule has 0 aromatic heterocycles. The van der Waals surface area contributed by atoms with Crippen molar-refractivity contribution in [3.63, 3.8) is 0 Å². The first kappa shape index (κ1) is 9.49. The fourth-order valence-corrected chi connectivity index (χ4v) is 2.83. The Morgan fingerprint density at radius 2 is 2.14 bits per heavy atom. The summed E-state index contributed by atoms with van der Waals surface area (Å²) in [5, 5.41) is 2.82. The van der Waals surface area contributed by atoms with Gasteiger partial charge in [0.1, 0.15) is 0 Å². The number of rotatable bonds is 1. The van der Waals surface area contributed by atoms with Gasteiger partial charge in [0, 0.05) is 12.5 Å². The number of primary amides is 1. The average molecular weight is 196 g/mol. The van der Waals surface area contributed by atoms with Gasteiger partial charge in [-0.3, -0.25) is 9.59 Å². The molecule has 78 valence electrons. The van der Waals surface area contributed by atoms with E-state index in [0.717, 1.165) is 32.2 Å². The monoisotopic (exact) mass is 196 g/mol. The molecule has 0 aromatic carbocycles. The molecule has 3 N–H and O–H groups in total. The second-order valence-electron chi connectivity index (χ2n) is 4.31. The van der Waals surface area contributed by atoms with E-state index in [9.17, 15) is 9.59 Å². The minimum Gasteiger partial charge on any atom is -0.369 e. The summed E-state index contributed by atoms with van der Waals surface area (Å²) in [6.07, 6.45) is 3.88. The van der Waals surface area contributed by atoms with Crippen LogP contribution in [0.3, 0.4) is 0 Å². The fraction of sp³-hybridized carbons (Fsp3) is 0.800. The van der Waals surface area contributed by atoms with Crippen LogP contribution < -0.4 is 11.1 Å². The van der Waals surface area contributed by atoms with Crippen LogP contribution in [0.15, 0.2) is 0 Å². The zero-order valence-electron chi connectivity index (χ0n) is 8.16. The average Bonchev–Trinajstić information content (AvgIpc) is 2.17. The van der Waals surface area contributed by atoms with Crippen LogP contribution in [0, 0.1) is 17.8 Å². The zero-order valence-corrected chi connectivity index (χ0v) is 8.16. The highest BCUT2D eigenvalue weighted by Gasteiger charge is 2.42. The third-order valence-electron chi connectivity index (χ3n) is 3.51. The standard InChI is InChI=1S/C10H16N2O2/c11-9(13)7-3-1-2-6-4-5-12-10(14)8(6)7/h6-8H,1-5H2,(H2,11,13)(H,12,14). The van der Waals surface area contributed by atoms with Crippen LogP contribution in [0.2, 0.25) is 0 Å². The Hall–Kier alpha value is -1.06. The van der Waals surface area contributed by atoms with Gasteiger partial charge < -0.3 is 11.1 Å². The van der Waals surface area contributed by atoms with Crippen molar-refractivity contribution in [3.8, 4) is 0 Å². The Bertz CT molecular complexity index is 263. The van der Waals surface area contributed by atoms with E-state index in [-0.39, 0.29) is 23.7 Å². The topological polar surface area (TPSA) is 72.2 Å². The molecule has 4 nitrogen and oxygen atoms in total. The molecule has 2 amide bonds. The van der Waals surface area contributed by atoms with E-state index in [2.05, 4.69) is 5.32 Å². The first-order valence-corrected chi connectivity index (χ1v) is 5.27. The van der Waals surface area contributed by atoms with E-state index in [1.807, 2.05) is 0 Å². The molecule has 2 aliphatic rings. The maximum Gasteiger partial charge on any atom is 0.224 e. The molecule has 2 fully saturated rings. The van der Waals surface area contributed by atoms with Crippen molar-refractivity contribution < 1.29 is 9.59 Å². The lowest BCUT2D eigenvalue weighted by molar-refractivity contribution is -0.139. The number of carbonyl (C=O) groups is 2. The highest BCUT2D eigenvalue weighted by molar-refractivity contribution is 5.87. The molecule has 0 bridgehead atoms. The SMILES string of the molecule is NC(=O)C1CCCC2CCNC(=O)C21. The number of hydrogen-bond donors (Lipinski definition) is 2.